The van der Waals surface area contributed by atoms with Crippen LogP contribution in [0, 0.1) is 5.82 Å². The summed E-state index contributed by atoms with van der Waals surface area (Å²) in [7, 11) is 1.62. The number of nitrogens with two attached hydrogens (primary N) is 2. The van der Waals surface area contributed by atoms with Crippen LogP contribution in [0.4, 0.5) is 4.39 Å². The number of carbonyl (C=O) groups excluding carboxylic acids is 2. The summed E-state index contributed by atoms with van der Waals surface area (Å²) in [4.78, 5) is 38.1. The maximum Gasteiger partial charge on any atom is 0.242 e. The average Bonchev–Trinajstić information content (AvgIpc) is 3.33. The molecule has 42 heavy (non-hydrogen) atoms. The predicted octanol–water partition coefficient (Wildman–Crippen LogP) is 2.43. The minimum atomic E-state index is -0.626. The first-order valence-electron chi connectivity index (χ1n) is 14.6. The smallest absolute Gasteiger partial charge is 0.242 e. The van der Waals surface area contributed by atoms with Crippen LogP contribution in [0.15, 0.2) is 71.7 Å². The Balaban J connectivity index is 1.38. The summed E-state index contributed by atoms with van der Waals surface area (Å²) < 4.78 is 13.5. The molecule has 2 heterocycles. The lowest BCUT2D eigenvalue weighted by Crippen LogP contribution is -2.54. The van der Waals surface area contributed by atoms with Crippen molar-refractivity contribution >= 4 is 28.5 Å². The number of hydrogen-bond donors (Lipinski definition) is 3. The van der Waals surface area contributed by atoms with Gasteiger partial charge in [-0.05, 0) is 53.3 Å². The zero-order chi connectivity index (χ0) is 29.6. The highest BCUT2D eigenvalue weighted by Gasteiger charge is 2.44. The minimum absolute atomic E-state index is 0.0309. The van der Waals surface area contributed by atoms with Crippen LogP contribution in [0.3, 0.4) is 0 Å². The van der Waals surface area contributed by atoms with Crippen molar-refractivity contribution in [2.75, 3.05) is 33.4 Å². The Kier molecular flexibility index (Phi) is 9.34. The second kappa shape index (κ2) is 13.3. The molecule has 9 nitrogen and oxygen atoms in total. The molecular weight excluding hydrogens is 533 g/mol. The van der Waals surface area contributed by atoms with Gasteiger partial charge in [0.2, 0.25) is 11.8 Å². The molecule has 3 aromatic rings. The van der Waals surface area contributed by atoms with Crippen LogP contribution in [0.1, 0.15) is 30.4 Å². The van der Waals surface area contributed by atoms with E-state index in [2.05, 4.69) is 44.4 Å². The molecule has 222 valence electrons. The van der Waals surface area contributed by atoms with Gasteiger partial charge in [-0.3, -0.25) is 24.4 Å². The maximum atomic E-state index is 14.3. The molecule has 3 atom stereocenters. The summed E-state index contributed by atoms with van der Waals surface area (Å²) in [5, 5.41) is 5.04. The van der Waals surface area contributed by atoms with Crippen molar-refractivity contribution < 1.29 is 14.0 Å². The van der Waals surface area contributed by atoms with Crippen LogP contribution >= 0.6 is 0 Å². The van der Waals surface area contributed by atoms with Crippen molar-refractivity contribution in [2.45, 2.75) is 50.4 Å². The van der Waals surface area contributed by atoms with Crippen LogP contribution in [0.2, 0.25) is 0 Å². The van der Waals surface area contributed by atoms with Gasteiger partial charge in [0, 0.05) is 45.7 Å². The van der Waals surface area contributed by atoms with Gasteiger partial charge in [-0.25, -0.2) is 4.39 Å². The number of halogens is 1. The topological polar surface area (TPSA) is 120 Å². The van der Waals surface area contributed by atoms with Gasteiger partial charge in [0.25, 0.3) is 0 Å². The van der Waals surface area contributed by atoms with E-state index in [0.29, 0.717) is 45.6 Å². The Morgan fingerprint density at radius 2 is 1.81 bits per heavy atom. The van der Waals surface area contributed by atoms with E-state index in [1.54, 1.807) is 24.1 Å². The fraction of sp³-hybridized carbons (Fsp3) is 0.406. The number of aliphatic imine (C=N–C) groups is 1. The highest BCUT2D eigenvalue weighted by atomic mass is 19.1. The first-order valence-corrected chi connectivity index (χ1v) is 14.6. The summed E-state index contributed by atoms with van der Waals surface area (Å²) in [5.74, 6) is -0.436. The fourth-order valence-corrected chi connectivity index (χ4v) is 6.30. The quantitative estimate of drug-likeness (QED) is 0.195. The number of carbonyl (C=O) groups is 2. The van der Waals surface area contributed by atoms with Gasteiger partial charge < -0.3 is 21.7 Å². The molecule has 2 amide bonds. The lowest BCUT2D eigenvalue weighted by Gasteiger charge is -2.34. The normalized spacial score (nSPS) is 20.2. The van der Waals surface area contributed by atoms with Crippen LogP contribution in [0.5, 0.6) is 0 Å². The molecule has 3 unspecified atom stereocenters. The molecule has 2 aliphatic rings. The number of amides is 2. The minimum Gasteiger partial charge on any atom is -0.370 e. The van der Waals surface area contributed by atoms with Crippen molar-refractivity contribution in [2.24, 2.45) is 16.5 Å². The first-order chi connectivity index (χ1) is 20.3. The predicted molar refractivity (Wildman–Crippen MR) is 163 cm³/mol. The Hall–Kier alpha value is -4.02. The third-order valence-electron chi connectivity index (χ3n) is 8.39. The Morgan fingerprint density at radius 1 is 1.07 bits per heavy atom. The lowest BCUT2D eigenvalue weighted by atomic mass is 9.99. The molecule has 0 aliphatic carbocycles. The van der Waals surface area contributed by atoms with E-state index >= 15 is 0 Å². The molecule has 5 rings (SSSR count). The number of benzene rings is 3. The molecular formula is C32H40FN7O2. The van der Waals surface area contributed by atoms with Gasteiger partial charge in [0.15, 0.2) is 5.96 Å². The van der Waals surface area contributed by atoms with Gasteiger partial charge in [-0.15, -0.1) is 0 Å². The number of nitrogens with zero attached hydrogens (tertiary/aromatic N) is 4. The second-order valence-corrected chi connectivity index (χ2v) is 11.2. The van der Waals surface area contributed by atoms with E-state index in [-0.39, 0.29) is 29.6 Å². The van der Waals surface area contributed by atoms with E-state index in [0.717, 1.165) is 34.9 Å². The lowest BCUT2D eigenvalue weighted by molar-refractivity contribution is -0.143. The van der Waals surface area contributed by atoms with Crippen molar-refractivity contribution in [3.05, 3.63) is 83.7 Å². The SMILES string of the molecule is CNC(=O)C(Cc1ccc2ccccc2c1)N1CCC2CN(Cc3ccc(F)cc3)CN2C(CCCN=C(N)N)C1=O. The Morgan fingerprint density at radius 3 is 2.55 bits per heavy atom. The molecule has 2 saturated heterocycles. The molecule has 2 fully saturated rings. The molecule has 0 aromatic heterocycles. The Labute approximate surface area is 246 Å². The highest BCUT2D eigenvalue weighted by molar-refractivity contribution is 5.90. The Bertz CT molecular complexity index is 1430. The summed E-state index contributed by atoms with van der Waals surface area (Å²) in [6.07, 6.45) is 2.39. The van der Waals surface area contributed by atoms with Crippen LogP contribution in [0.25, 0.3) is 10.8 Å². The van der Waals surface area contributed by atoms with E-state index in [1.165, 1.54) is 12.1 Å². The van der Waals surface area contributed by atoms with Gasteiger partial charge in [0.05, 0.1) is 12.7 Å². The molecule has 0 radical (unpaired) electrons. The standard InChI is InChI=1S/C32H40FN7O2/c1-36-30(41)29(18-23-8-11-24-5-2-3-6-25(24)17-23)39-16-14-27-20-38(19-22-9-12-26(33)13-10-22)21-40(27)28(31(39)42)7-4-15-37-32(34)35/h2-3,5-6,8-13,17,27-29H,4,7,14-16,18-21H2,1H3,(H,36,41)(H4,34,35,37). The summed E-state index contributed by atoms with van der Waals surface area (Å²) in [5.41, 5.74) is 13.1. The maximum absolute atomic E-state index is 14.3. The van der Waals surface area contributed by atoms with Crippen LogP contribution in [-0.4, -0.2) is 83.9 Å². The van der Waals surface area contributed by atoms with Crippen LogP contribution < -0.4 is 16.8 Å². The molecule has 3 aromatic carbocycles. The van der Waals surface area contributed by atoms with Crippen molar-refractivity contribution in [3.63, 3.8) is 0 Å². The van der Waals surface area contributed by atoms with E-state index < -0.39 is 12.1 Å². The average molecular weight is 574 g/mol. The van der Waals surface area contributed by atoms with E-state index in [1.807, 2.05) is 18.2 Å². The summed E-state index contributed by atoms with van der Waals surface area (Å²) in [6.45, 7) is 3.00. The van der Waals surface area contributed by atoms with E-state index in [9.17, 15) is 14.0 Å². The van der Waals surface area contributed by atoms with Gasteiger partial charge in [0.1, 0.15) is 11.9 Å². The first kappa shape index (κ1) is 29.5. The molecule has 0 saturated carbocycles. The highest BCUT2D eigenvalue weighted by Crippen LogP contribution is 2.29. The zero-order valence-electron chi connectivity index (χ0n) is 24.1. The number of fused-ring (bicyclic) bond motifs is 2. The number of nitrogens with one attached hydrogen (secondary N) is 1. The second-order valence-electron chi connectivity index (χ2n) is 11.2. The van der Waals surface area contributed by atoms with Gasteiger partial charge in [-0.2, -0.15) is 0 Å². The zero-order valence-corrected chi connectivity index (χ0v) is 24.1. The van der Waals surface area contributed by atoms with E-state index in [4.69, 9.17) is 11.5 Å². The molecule has 0 spiro atoms. The molecule has 10 heteroatoms. The number of guanidine groups is 1. The fourth-order valence-electron chi connectivity index (χ4n) is 6.30. The van der Waals surface area contributed by atoms with Gasteiger partial charge in [-0.1, -0.05) is 54.6 Å². The van der Waals surface area contributed by atoms with Gasteiger partial charge >= 0.3 is 0 Å². The molecule has 2 aliphatic heterocycles. The van der Waals surface area contributed by atoms with Crippen molar-refractivity contribution in [1.29, 1.82) is 0 Å². The third kappa shape index (κ3) is 6.88. The van der Waals surface area contributed by atoms with Crippen LogP contribution in [-0.2, 0) is 22.6 Å². The number of hydrogen-bond acceptors (Lipinski definition) is 5. The molecule has 0 bridgehead atoms. The van der Waals surface area contributed by atoms with Crippen molar-refractivity contribution in [3.8, 4) is 0 Å². The number of rotatable bonds is 10. The molecule has 5 N–H and O–H groups in total. The summed E-state index contributed by atoms with van der Waals surface area (Å²) >= 11 is 0. The van der Waals surface area contributed by atoms with Crippen molar-refractivity contribution in [1.82, 2.24) is 20.0 Å². The summed E-state index contributed by atoms with van der Waals surface area (Å²) in [6, 6.07) is 20.0. The number of likely N-dealkylation sites (N-methyl/N-ethyl adjacent to an activating group) is 1. The largest absolute Gasteiger partial charge is 0.370 e. The monoisotopic (exact) mass is 573 g/mol. The third-order valence-corrected chi connectivity index (χ3v) is 8.39.